The summed E-state index contributed by atoms with van der Waals surface area (Å²) in [6, 6.07) is -0.350. The first-order chi connectivity index (χ1) is 11.2. The minimum atomic E-state index is -0.350. The number of rotatable bonds is 2. The number of hydrogen-bond donors (Lipinski definition) is 0. The van der Waals surface area contributed by atoms with Crippen molar-refractivity contribution in [2.24, 2.45) is 10.9 Å². The number of thioether (sulfide) groups is 1. The zero-order valence-electron chi connectivity index (χ0n) is 13.4. The Hall–Kier alpha value is -1.30. The smallest absolute Gasteiger partial charge is 0.330 e. The SMILES string of the molecule is CCOC(=O)C1CCC2CN3C(=O)C4=C(CCCC4)C3SC2=N1. The number of aliphatic imine (C=N–C) groups is 1. The second kappa shape index (κ2) is 5.96. The third-order valence-electron chi connectivity index (χ3n) is 5.24. The van der Waals surface area contributed by atoms with E-state index >= 15 is 0 Å². The van der Waals surface area contributed by atoms with E-state index in [0.29, 0.717) is 12.5 Å². The molecular weight excluding hydrogens is 312 g/mol. The molecule has 23 heavy (non-hydrogen) atoms. The van der Waals surface area contributed by atoms with E-state index in [4.69, 9.17) is 4.74 Å². The van der Waals surface area contributed by atoms with Gasteiger partial charge in [-0.2, -0.15) is 0 Å². The number of carbonyl (C=O) groups is 2. The summed E-state index contributed by atoms with van der Waals surface area (Å²) in [5, 5.41) is 1.19. The molecule has 0 saturated carbocycles. The number of hydrogen-bond acceptors (Lipinski definition) is 5. The molecule has 0 aromatic heterocycles. The maximum absolute atomic E-state index is 12.6. The van der Waals surface area contributed by atoms with Crippen LogP contribution in [-0.4, -0.2) is 46.4 Å². The molecule has 4 rings (SSSR count). The van der Waals surface area contributed by atoms with E-state index < -0.39 is 0 Å². The average molecular weight is 334 g/mol. The van der Waals surface area contributed by atoms with Crippen LogP contribution in [-0.2, 0) is 14.3 Å². The van der Waals surface area contributed by atoms with Crippen LogP contribution < -0.4 is 0 Å². The maximum atomic E-state index is 12.6. The summed E-state index contributed by atoms with van der Waals surface area (Å²) in [7, 11) is 0. The molecule has 0 aromatic rings. The fraction of sp³-hybridized carbons (Fsp3) is 0.706. The van der Waals surface area contributed by atoms with Crippen LogP contribution in [0.1, 0.15) is 45.4 Å². The first-order valence-corrected chi connectivity index (χ1v) is 9.51. The molecule has 5 nitrogen and oxygen atoms in total. The van der Waals surface area contributed by atoms with E-state index in [0.717, 1.165) is 49.3 Å². The minimum Gasteiger partial charge on any atom is -0.464 e. The Morgan fingerprint density at radius 2 is 2.17 bits per heavy atom. The Morgan fingerprint density at radius 3 is 3.00 bits per heavy atom. The lowest BCUT2D eigenvalue weighted by Gasteiger charge is -2.39. The van der Waals surface area contributed by atoms with Crippen molar-refractivity contribution in [1.82, 2.24) is 4.90 Å². The Bertz CT molecular complexity index is 613. The zero-order valence-corrected chi connectivity index (χ0v) is 14.2. The molecule has 3 heterocycles. The van der Waals surface area contributed by atoms with Gasteiger partial charge < -0.3 is 9.64 Å². The van der Waals surface area contributed by atoms with Crippen molar-refractivity contribution in [3.8, 4) is 0 Å². The molecule has 0 radical (unpaired) electrons. The molecule has 0 N–H and O–H groups in total. The Kier molecular flexibility index (Phi) is 3.95. The molecular formula is C17H22N2O3S. The molecule has 0 bridgehead atoms. The van der Waals surface area contributed by atoms with Crippen LogP contribution in [0.5, 0.6) is 0 Å². The molecule has 4 aliphatic rings. The number of ether oxygens (including phenoxy) is 1. The summed E-state index contributed by atoms with van der Waals surface area (Å²) in [6.45, 7) is 2.99. The van der Waals surface area contributed by atoms with Gasteiger partial charge in [-0.05, 0) is 51.0 Å². The molecule has 124 valence electrons. The number of esters is 1. The molecule has 1 amide bonds. The number of fused-ring (bicyclic) bond motifs is 3. The standard InChI is InChI=1S/C17H22N2O3S/c1-2-22-17(21)13-8-7-10-9-19-15(20)11-5-3-4-6-12(11)16(19)23-14(10)18-13/h10,13,16H,2-9H2,1H3. The molecule has 1 aliphatic carbocycles. The second-order valence-electron chi connectivity index (χ2n) is 6.65. The van der Waals surface area contributed by atoms with Gasteiger partial charge >= 0.3 is 5.97 Å². The minimum absolute atomic E-state index is 0.133. The monoisotopic (exact) mass is 334 g/mol. The quantitative estimate of drug-likeness (QED) is 0.728. The summed E-state index contributed by atoms with van der Waals surface area (Å²) in [4.78, 5) is 31.4. The lowest BCUT2D eigenvalue weighted by atomic mass is 9.94. The van der Waals surface area contributed by atoms with Gasteiger partial charge in [0.15, 0.2) is 0 Å². The summed E-state index contributed by atoms with van der Waals surface area (Å²) in [5.74, 6) is 0.345. The lowest BCUT2D eigenvalue weighted by Crippen LogP contribution is -2.46. The van der Waals surface area contributed by atoms with Gasteiger partial charge in [-0.25, -0.2) is 4.79 Å². The molecule has 0 aromatic carbocycles. The molecule has 6 heteroatoms. The van der Waals surface area contributed by atoms with E-state index in [1.54, 1.807) is 11.8 Å². The number of carbonyl (C=O) groups excluding carboxylic acids is 2. The van der Waals surface area contributed by atoms with Crippen LogP contribution in [0.3, 0.4) is 0 Å². The fourth-order valence-electron chi connectivity index (χ4n) is 4.09. The van der Waals surface area contributed by atoms with Crippen molar-refractivity contribution < 1.29 is 14.3 Å². The Labute approximate surface area is 140 Å². The van der Waals surface area contributed by atoms with Crippen LogP contribution >= 0.6 is 11.8 Å². The van der Waals surface area contributed by atoms with Crippen LogP contribution in [0.2, 0.25) is 0 Å². The summed E-state index contributed by atoms with van der Waals surface area (Å²) >= 11 is 1.70. The highest BCUT2D eigenvalue weighted by molar-refractivity contribution is 8.14. The van der Waals surface area contributed by atoms with Crippen molar-refractivity contribution >= 4 is 28.7 Å². The molecule has 0 spiro atoms. The zero-order chi connectivity index (χ0) is 16.0. The van der Waals surface area contributed by atoms with Gasteiger partial charge in [-0.3, -0.25) is 9.79 Å². The van der Waals surface area contributed by atoms with Crippen LogP contribution in [0.15, 0.2) is 16.1 Å². The highest BCUT2D eigenvalue weighted by atomic mass is 32.2. The Morgan fingerprint density at radius 1 is 1.35 bits per heavy atom. The van der Waals surface area contributed by atoms with Gasteiger partial charge in [0.05, 0.1) is 11.7 Å². The van der Waals surface area contributed by atoms with E-state index in [2.05, 4.69) is 9.89 Å². The third-order valence-corrected chi connectivity index (χ3v) is 6.68. The largest absolute Gasteiger partial charge is 0.464 e. The van der Waals surface area contributed by atoms with Gasteiger partial charge in [0.2, 0.25) is 0 Å². The van der Waals surface area contributed by atoms with E-state index in [1.165, 1.54) is 12.0 Å². The van der Waals surface area contributed by atoms with Gasteiger partial charge in [0, 0.05) is 18.0 Å². The summed E-state index contributed by atoms with van der Waals surface area (Å²) in [6.07, 6.45) is 5.92. The molecule has 3 unspecified atom stereocenters. The number of amides is 1. The van der Waals surface area contributed by atoms with Gasteiger partial charge in [-0.15, -0.1) is 0 Å². The van der Waals surface area contributed by atoms with E-state index in [-0.39, 0.29) is 23.3 Å². The summed E-state index contributed by atoms with van der Waals surface area (Å²) < 4.78 is 5.12. The predicted octanol–water partition coefficient (Wildman–Crippen LogP) is 2.51. The second-order valence-corrected chi connectivity index (χ2v) is 7.75. The van der Waals surface area contributed by atoms with E-state index in [1.807, 2.05) is 6.92 Å². The van der Waals surface area contributed by atoms with Crippen molar-refractivity contribution in [2.45, 2.75) is 56.9 Å². The topological polar surface area (TPSA) is 59.0 Å². The predicted molar refractivity (Wildman–Crippen MR) is 89.2 cm³/mol. The summed E-state index contributed by atoms with van der Waals surface area (Å²) in [5.41, 5.74) is 2.39. The highest BCUT2D eigenvalue weighted by Gasteiger charge is 2.46. The maximum Gasteiger partial charge on any atom is 0.330 e. The normalized spacial score (nSPS) is 32.9. The molecule has 1 fully saturated rings. The molecule has 3 atom stereocenters. The average Bonchev–Trinajstić information content (AvgIpc) is 2.85. The van der Waals surface area contributed by atoms with E-state index in [9.17, 15) is 9.59 Å². The lowest BCUT2D eigenvalue weighted by molar-refractivity contribution is -0.145. The van der Waals surface area contributed by atoms with Crippen LogP contribution in [0.25, 0.3) is 0 Å². The van der Waals surface area contributed by atoms with Gasteiger partial charge in [0.1, 0.15) is 11.4 Å². The molecule has 3 aliphatic heterocycles. The third kappa shape index (κ3) is 2.51. The highest BCUT2D eigenvalue weighted by Crippen LogP contribution is 2.46. The Balaban J connectivity index is 1.57. The van der Waals surface area contributed by atoms with Crippen molar-refractivity contribution in [2.75, 3.05) is 13.2 Å². The van der Waals surface area contributed by atoms with Crippen LogP contribution in [0.4, 0.5) is 0 Å². The van der Waals surface area contributed by atoms with Gasteiger partial charge in [0.25, 0.3) is 5.91 Å². The van der Waals surface area contributed by atoms with Crippen LogP contribution in [0, 0.1) is 5.92 Å². The molecule has 1 saturated heterocycles. The fourth-order valence-corrected chi connectivity index (χ4v) is 5.60. The van der Waals surface area contributed by atoms with Crippen molar-refractivity contribution in [3.63, 3.8) is 0 Å². The first kappa shape index (κ1) is 15.2. The first-order valence-electron chi connectivity index (χ1n) is 8.63. The van der Waals surface area contributed by atoms with Crippen molar-refractivity contribution in [3.05, 3.63) is 11.1 Å². The van der Waals surface area contributed by atoms with Crippen molar-refractivity contribution in [1.29, 1.82) is 0 Å². The van der Waals surface area contributed by atoms with Gasteiger partial charge in [-0.1, -0.05) is 11.8 Å². The number of nitrogens with zero attached hydrogens (tertiary/aromatic N) is 2.